The highest BCUT2D eigenvalue weighted by Crippen LogP contribution is 2.40. The molecule has 1 atom stereocenters. The zero-order chi connectivity index (χ0) is 15.6. The first-order chi connectivity index (χ1) is 9.89. The molecular formula is C14H17BrN2O4. The van der Waals surface area contributed by atoms with Crippen molar-refractivity contribution in [2.24, 2.45) is 5.41 Å². The minimum absolute atomic E-state index is 0.0166. The number of carbonyl (C=O) groups is 1. The second kappa shape index (κ2) is 6.01. The number of nitrogens with zero attached hydrogens (tertiary/aromatic N) is 2. The molecule has 1 fully saturated rings. The van der Waals surface area contributed by atoms with E-state index in [2.05, 4.69) is 15.9 Å². The van der Waals surface area contributed by atoms with E-state index in [0.29, 0.717) is 30.4 Å². The van der Waals surface area contributed by atoms with Crippen molar-refractivity contribution in [2.75, 3.05) is 18.0 Å². The Morgan fingerprint density at radius 1 is 1.57 bits per heavy atom. The number of hydrogen-bond donors (Lipinski definition) is 1. The van der Waals surface area contributed by atoms with Gasteiger partial charge in [-0.1, -0.05) is 13.3 Å². The molecule has 1 unspecified atom stereocenters. The average molecular weight is 357 g/mol. The fraction of sp³-hybridized carbons (Fsp3) is 0.500. The number of carboxylic acids is 1. The van der Waals surface area contributed by atoms with E-state index in [0.717, 1.165) is 12.1 Å². The Labute approximate surface area is 131 Å². The molecular weight excluding hydrogens is 340 g/mol. The van der Waals surface area contributed by atoms with Crippen LogP contribution in [0.15, 0.2) is 22.7 Å². The minimum Gasteiger partial charge on any atom is -0.481 e. The molecule has 1 saturated heterocycles. The lowest BCUT2D eigenvalue weighted by Gasteiger charge is -2.25. The molecule has 2 rings (SSSR count). The fourth-order valence-electron chi connectivity index (χ4n) is 2.91. The molecule has 0 spiro atoms. The third-order valence-electron chi connectivity index (χ3n) is 4.02. The van der Waals surface area contributed by atoms with Crippen molar-refractivity contribution in [1.82, 2.24) is 0 Å². The van der Waals surface area contributed by atoms with Crippen LogP contribution in [0.4, 0.5) is 11.4 Å². The van der Waals surface area contributed by atoms with E-state index < -0.39 is 16.3 Å². The van der Waals surface area contributed by atoms with E-state index in [1.54, 1.807) is 6.07 Å². The summed E-state index contributed by atoms with van der Waals surface area (Å²) in [6, 6.07) is 4.57. The van der Waals surface area contributed by atoms with Crippen LogP contribution in [0, 0.1) is 15.5 Å². The number of hydrogen-bond acceptors (Lipinski definition) is 4. The van der Waals surface area contributed by atoms with Crippen molar-refractivity contribution >= 4 is 33.3 Å². The number of aliphatic carboxylic acids is 1. The third-order valence-corrected chi connectivity index (χ3v) is 4.65. The highest BCUT2D eigenvalue weighted by Gasteiger charge is 2.44. The third kappa shape index (κ3) is 3.02. The summed E-state index contributed by atoms with van der Waals surface area (Å²) < 4.78 is 0.620. The van der Waals surface area contributed by atoms with Crippen LogP contribution < -0.4 is 4.90 Å². The monoisotopic (exact) mass is 356 g/mol. The molecule has 1 aromatic rings. The number of carboxylic acid groups (broad SMARTS) is 1. The van der Waals surface area contributed by atoms with Crippen molar-refractivity contribution < 1.29 is 14.8 Å². The smallest absolute Gasteiger partial charge is 0.311 e. The molecule has 0 aliphatic carbocycles. The van der Waals surface area contributed by atoms with Gasteiger partial charge in [0, 0.05) is 29.7 Å². The summed E-state index contributed by atoms with van der Waals surface area (Å²) in [5.74, 6) is -0.759. The quantitative estimate of drug-likeness (QED) is 0.645. The fourth-order valence-corrected chi connectivity index (χ4v) is 3.53. The summed E-state index contributed by atoms with van der Waals surface area (Å²) >= 11 is 3.35. The number of nitro benzene ring substituents is 1. The first-order valence-corrected chi connectivity index (χ1v) is 7.61. The predicted molar refractivity (Wildman–Crippen MR) is 82.6 cm³/mol. The summed E-state index contributed by atoms with van der Waals surface area (Å²) in [7, 11) is 0. The Morgan fingerprint density at radius 3 is 2.81 bits per heavy atom. The molecule has 0 amide bonds. The molecule has 0 radical (unpaired) electrons. The van der Waals surface area contributed by atoms with Gasteiger partial charge in [-0.2, -0.15) is 0 Å². The van der Waals surface area contributed by atoms with Crippen molar-refractivity contribution in [3.05, 3.63) is 32.8 Å². The van der Waals surface area contributed by atoms with E-state index in [9.17, 15) is 20.0 Å². The predicted octanol–water partition coefficient (Wildman–Crippen LogP) is 3.44. The first kappa shape index (κ1) is 15.8. The van der Waals surface area contributed by atoms with Gasteiger partial charge >= 0.3 is 5.97 Å². The molecule has 6 nitrogen and oxygen atoms in total. The van der Waals surface area contributed by atoms with E-state index in [1.165, 1.54) is 12.1 Å². The summed E-state index contributed by atoms with van der Waals surface area (Å²) in [6.45, 7) is 3.06. The molecule has 1 aliphatic heterocycles. The number of anilines is 1. The molecule has 1 aromatic carbocycles. The summed E-state index contributed by atoms with van der Waals surface area (Å²) in [5, 5.41) is 20.3. The van der Waals surface area contributed by atoms with Gasteiger partial charge in [-0.25, -0.2) is 0 Å². The lowest BCUT2D eigenvalue weighted by atomic mass is 9.83. The van der Waals surface area contributed by atoms with Crippen LogP contribution in [0.2, 0.25) is 0 Å². The van der Waals surface area contributed by atoms with Gasteiger partial charge in [0.25, 0.3) is 5.69 Å². The molecule has 21 heavy (non-hydrogen) atoms. The van der Waals surface area contributed by atoms with E-state index in [1.807, 2.05) is 11.8 Å². The molecule has 0 bridgehead atoms. The Hall–Kier alpha value is -1.63. The number of nitro groups is 1. The summed E-state index contributed by atoms with van der Waals surface area (Å²) in [6.07, 6.45) is 2.06. The lowest BCUT2D eigenvalue weighted by Crippen LogP contribution is -2.34. The van der Waals surface area contributed by atoms with Gasteiger partial charge in [0.1, 0.15) is 0 Å². The SMILES string of the molecule is CCCC1(C(=O)O)CCN(c2ccc([N+](=O)[O-])cc2Br)C1. The van der Waals surface area contributed by atoms with Crippen LogP contribution in [0.1, 0.15) is 26.2 Å². The molecule has 7 heteroatoms. The topological polar surface area (TPSA) is 83.7 Å². The summed E-state index contributed by atoms with van der Waals surface area (Å²) in [5.41, 5.74) is 0.110. The van der Waals surface area contributed by atoms with Crippen LogP contribution >= 0.6 is 15.9 Å². The minimum atomic E-state index is -0.759. The second-order valence-corrected chi connectivity index (χ2v) is 6.25. The van der Waals surface area contributed by atoms with Gasteiger partial charge in [0.2, 0.25) is 0 Å². The van der Waals surface area contributed by atoms with E-state index in [4.69, 9.17) is 0 Å². The number of halogens is 1. The second-order valence-electron chi connectivity index (χ2n) is 5.40. The highest BCUT2D eigenvalue weighted by atomic mass is 79.9. The number of benzene rings is 1. The Morgan fingerprint density at radius 2 is 2.29 bits per heavy atom. The normalized spacial score (nSPS) is 21.5. The van der Waals surface area contributed by atoms with Crippen LogP contribution in [-0.2, 0) is 4.79 Å². The molecule has 114 valence electrons. The van der Waals surface area contributed by atoms with Crippen molar-refractivity contribution in [1.29, 1.82) is 0 Å². The Kier molecular flexibility index (Phi) is 4.51. The summed E-state index contributed by atoms with van der Waals surface area (Å²) in [4.78, 5) is 23.9. The number of rotatable bonds is 5. The standard InChI is InChI=1S/C14H17BrN2O4/c1-2-5-14(13(18)19)6-7-16(9-14)12-4-3-10(17(20)21)8-11(12)15/h3-4,8H,2,5-7,9H2,1H3,(H,18,19). The van der Waals surface area contributed by atoms with Crippen LogP contribution in [0.5, 0.6) is 0 Å². The van der Waals surface area contributed by atoms with E-state index in [-0.39, 0.29) is 5.69 Å². The van der Waals surface area contributed by atoms with Gasteiger partial charge in [0.15, 0.2) is 0 Å². The highest BCUT2D eigenvalue weighted by molar-refractivity contribution is 9.10. The largest absolute Gasteiger partial charge is 0.481 e. The van der Waals surface area contributed by atoms with Gasteiger partial charge in [-0.05, 0) is 34.8 Å². The van der Waals surface area contributed by atoms with Crippen LogP contribution in [0.3, 0.4) is 0 Å². The molecule has 0 aromatic heterocycles. The van der Waals surface area contributed by atoms with Crippen molar-refractivity contribution in [2.45, 2.75) is 26.2 Å². The maximum atomic E-state index is 11.6. The number of non-ortho nitro benzene ring substituents is 1. The lowest BCUT2D eigenvalue weighted by molar-refractivity contribution is -0.384. The maximum Gasteiger partial charge on any atom is 0.311 e. The average Bonchev–Trinajstić information content (AvgIpc) is 2.84. The molecule has 1 aliphatic rings. The van der Waals surface area contributed by atoms with Crippen molar-refractivity contribution in [3.63, 3.8) is 0 Å². The first-order valence-electron chi connectivity index (χ1n) is 6.82. The maximum absolute atomic E-state index is 11.6. The van der Waals surface area contributed by atoms with Crippen molar-refractivity contribution in [3.8, 4) is 0 Å². The van der Waals surface area contributed by atoms with Crippen LogP contribution in [-0.4, -0.2) is 29.1 Å². The van der Waals surface area contributed by atoms with E-state index >= 15 is 0 Å². The van der Waals surface area contributed by atoms with Gasteiger partial charge in [0.05, 0.1) is 16.0 Å². The van der Waals surface area contributed by atoms with Gasteiger partial charge < -0.3 is 10.0 Å². The Balaban J connectivity index is 2.25. The Bertz CT molecular complexity index is 578. The molecule has 1 heterocycles. The van der Waals surface area contributed by atoms with Gasteiger partial charge in [-0.15, -0.1) is 0 Å². The molecule has 1 N–H and O–H groups in total. The zero-order valence-electron chi connectivity index (χ0n) is 11.7. The van der Waals surface area contributed by atoms with Gasteiger partial charge in [-0.3, -0.25) is 14.9 Å². The zero-order valence-corrected chi connectivity index (χ0v) is 13.3. The van der Waals surface area contributed by atoms with Crippen LogP contribution in [0.25, 0.3) is 0 Å². The molecule has 0 saturated carbocycles.